The molecule has 2 saturated carbocycles. The fourth-order valence-corrected chi connectivity index (χ4v) is 4.61. The van der Waals surface area contributed by atoms with Crippen LogP contribution in [-0.4, -0.2) is 17.3 Å². The average molecular weight is 336 g/mol. The summed E-state index contributed by atoms with van der Waals surface area (Å²) in [4.78, 5) is 38.3. The molecule has 2 fully saturated rings. The minimum Gasteiger partial charge on any atom is -0.299 e. The number of hydrogen-bond acceptors (Lipinski definition) is 3. The first kappa shape index (κ1) is 17.6. The van der Waals surface area contributed by atoms with Gasteiger partial charge in [-0.25, -0.2) is 0 Å². The maximum atomic E-state index is 12.9. The van der Waals surface area contributed by atoms with E-state index in [1.807, 2.05) is 26.0 Å². The second-order valence-electron chi connectivity index (χ2n) is 7.53. The molecule has 3 heteroatoms. The van der Waals surface area contributed by atoms with Crippen molar-refractivity contribution in [3.8, 4) is 11.8 Å². The Morgan fingerprint density at radius 1 is 1.00 bits per heavy atom. The van der Waals surface area contributed by atoms with E-state index in [2.05, 4.69) is 11.8 Å². The van der Waals surface area contributed by atoms with Crippen LogP contribution in [0, 0.1) is 31.1 Å². The molecule has 0 aromatic heterocycles. The van der Waals surface area contributed by atoms with Crippen molar-refractivity contribution in [2.45, 2.75) is 65.2 Å². The monoisotopic (exact) mass is 336 g/mol. The molecule has 0 atom stereocenters. The van der Waals surface area contributed by atoms with Crippen LogP contribution in [0.15, 0.2) is 12.1 Å². The van der Waals surface area contributed by atoms with Gasteiger partial charge < -0.3 is 0 Å². The van der Waals surface area contributed by atoms with E-state index in [-0.39, 0.29) is 30.2 Å². The van der Waals surface area contributed by atoms with Crippen LogP contribution >= 0.6 is 0 Å². The largest absolute Gasteiger partial charge is 0.299 e. The van der Waals surface area contributed by atoms with Crippen LogP contribution < -0.4 is 0 Å². The smallest absolute Gasteiger partial charge is 0.148 e. The Balaban J connectivity index is 1.97. The predicted octanol–water partition coefficient (Wildman–Crippen LogP) is 3.82. The van der Waals surface area contributed by atoms with Gasteiger partial charge in [-0.1, -0.05) is 12.3 Å². The van der Waals surface area contributed by atoms with Crippen molar-refractivity contribution in [3.63, 3.8) is 0 Å². The zero-order valence-corrected chi connectivity index (χ0v) is 15.2. The molecular formula is C22H24O3. The highest BCUT2D eigenvalue weighted by atomic mass is 16.2. The molecule has 1 spiro atoms. The van der Waals surface area contributed by atoms with Crippen molar-refractivity contribution in [2.75, 3.05) is 0 Å². The van der Waals surface area contributed by atoms with Crippen LogP contribution in [-0.2, 0) is 14.4 Å². The summed E-state index contributed by atoms with van der Waals surface area (Å²) >= 11 is 0. The Morgan fingerprint density at radius 2 is 1.60 bits per heavy atom. The van der Waals surface area contributed by atoms with Gasteiger partial charge in [0.1, 0.15) is 23.3 Å². The summed E-state index contributed by atoms with van der Waals surface area (Å²) in [5.74, 6) is 5.12. The summed E-state index contributed by atoms with van der Waals surface area (Å²) < 4.78 is 0. The van der Waals surface area contributed by atoms with Crippen LogP contribution in [0.1, 0.15) is 73.6 Å². The number of rotatable bonds is 1. The highest BCUT2D eigenvalue weighted by Crippen LogP contribution is 2.47. The molecule has 0 saturated heterocycles. The van der Waals surface area contributed by atoms with Crippen LogP contribution in [0.3, 0.4) is 0 Å². The average Bonchev–Trinajstić information content (AvgIpc) is 2.53. The summed E-state index contributed by atoms with van der Waals surface area (Å²) in [5, 5.41) is 0. The van der Waals surface area contributed by atoms with E-state index in [1.165, 1.54) is 0 Å². The van der Waals surface area contributed by atoms with Crippen molar-refractivity contribution < 1.29 is 14.4 Å². The van der Waals surface area contributed by atoms with Gasteiger partial charge in [0.05, 0.1) is 0 Å². The van der Waals surface area contributed by atoms with Crippen LogP contribution in [0.25, 0.3) is 0 Å². The number of Topliss-reactive ketones (excluding diaryl/α,β-unsaturated/α-hetero) is 3. The molecule has 0 radical (unpaired) electrons. The molecule has 1 aromatic carbocycles. The third kappa shape index (κ3) is 3.06. The van der Waals surface area contributed by atoms with E-state index >= 15 is 0 Å². The Bertz CT molecular complexity index is 778. The number of ketones is 3. The maximum Gasteiger partial charge on any atom is 0.148 e. The Morgan fingerprint density at radius 3 is 2.12 bits per heavy atom. The molecule has 3 rings (SSSR count). The molecule has 130 valence electrons. The lowest BCUT2D eigenvalue weighted by Gasteiger charge is -2.40. The zero-order chi connectivity index (χ0) is 18.2. The summed E-state index contributed by atoms with van der Waals surface area (Å²) in [6, 6.07) is 3.88. The van der Waals surface area contributed by atoms with Gasteiger partial charge in [-0.15, -0.1) is 5.92 Å². The number of hydrogen-bond donors (Lipinski definition) is 0. The highest BCUT2D eigenvalue weighted by Gasteiger charge is 2.50. The van der Waals surface area contributed by atoms with E-state index in [9.17, 15) is 14.4 Å². The second-order valence-corrected chi connectivity index (χ2v) is 7.53. The van der Waals surface area contributed by atoms with Crippen molar-refractivity contribution in [1.82, 2.24) is 0 Å². The summed E-state index contributed by atoms with van der Waals surface area (Å²) in [5.41, 5.74) is 2.86. The molecule has 0 unspecified atom stereocenters. The molecule has 2 aliphatic carbocycles. The van der Waals surface area contributed by atoms with Crippen molar-refractivity contribution in [1.29, 1.82) is 0 Å². The van der Waals surface area contributed by atoms with Gasteiger partial charge in [0.2, 0.25) is 0 Å². The second kappa shape index (κ2) is 6.59. The van der Waals surface area contributed by atoms with Crippen molar-refractivity contribution >= 4 is 17.3 Å². The summed E-state index contributed by atoms with van der Waals surface area (Å²) in [7, 11) is 0. The van der Waals surface area contributed by atoms with E-state index in [0.717, 1.165) is 35.1 Å². The fraction of sp³-hybridized carbons (Fsp3) is 0.500. The third-order valence-electron chi connectivity index (χ3n) is 5.72. The number of aryl methyl sites for hydroxylation is 2. The van der Waals surface area contributed by atoms with Crippen molar-refractivity contribution in [2.24, 2.45) is 5.41 Å². The fourth-order valence-electron chi connectivity index (χ4n) is 4.61. The molecule has 0 amide bonds. The molecule has 0 N–H and O–H groups in total. The van der Waals surface area contributed by atoms with Gasteiger partial charge in [-0.3, -0.25) is 14.4 Å². The van der Waals surface area contributed by atoms with Crippen LogP contribution in [0.4, 0.5) is 0 Å². The Labute approximate surface area is 149 Å². The van der Waals surface area contributed by atoms with Gasteiger partial charge >= 0.3 is 0 Å². The maximum absolute atomic E-state index is 12.9. The topological polar surface area (TPSA) is 51.2 Å². The first-order chi connectivity index (χ1) is 11.9. The van der Waals surface area contributed by atoms with Gasteiger partial charge in [-0.2, -0.15) is 0 Å². The molecule has 3 nitrogen and oxygen atoms in total. The standard InChI is InChI=1S/C22H24O3/c1-4-7-16-10-14(2)20(15(3)11-16)21-17(23)12-22(13-18(21)24)9-6-5-8-19(22)25/h10-11,21H,5-6,8-9,12-13H2,1-3H3. The predicted molar refractivity (Wildman–Crippen MR) is 96.4 cm³/mol. The van der Waals surface area contributed by atoms with Gasteiger partial charge in [0.25, 0.3) is 0 Å². The lowest BCUT2D eigenvalue weighted by Crippen LogP contribution is -2.45. The molecular weight excluding hydrogens is 312 g/mol. The van der Waals surface area contributed by atoms with E-state index in [1.54, 1.807) is 6.92 Å². The molecule has 0 bridgehead atoms. The number of carbonyl (C=O) groups excluding carboxylic acids is 3. The third-order valence-corrected chi connectivity index (χ3v) is 5.72. The first-order valence-electron chi connectivity index (χ1n) is 9.00. The molecule has 2 aliphatic rings. The Hall–Kier alpha value is -2.21. The Kier molecular flexibility index (Phi) is 4.64. The lowest BCUT2D eigenvalue weighted by molar-refractivity contribution is -0.147. The minimum absolute atomic E-state index is 0.0907. The first-order valence-corrected chi connectivity index (χ1v) is 9.00. The highest BCUT2D eigenvalue weighted by molar-refractivity contribution is 6.13. The molecule has 1 aromatic rings. The number of carbonyl (C=O) groups is 3. The quantitative estimate of drug-likeness (QED) is 0.579. The molecule has 0 heterocycles. The van der Waals surface area contributed by atoms with E-state index in [4.69, 9.17) is 0 Å². The van der Waals surface area contributed by atoms with Gasteiger partial charge in [0.15, 0.2) is 0 Å². The van der Waals surface area contributed by atoms with E-state index < -0.39 is 11.3 Å². The van der Waals surface area contributed by atoms with Gasteiger partial charge in [-0.05, 0) is 62.4 Å². The molecule has 0 aliphatic heterocycles. The SMILES string of the molecule is CC#Cc1cc(C)c(C2C(=O)CC3(CCCCC3=O)CC2=O)c(C)c1. The zero-order valence-electron chi connectivity index (χ0n) is 15.2. The molecule has 25 heavy (non-hydrogen) atoms. The van der Waals surface area contributed by atoms with Crippen LogP contribution in [0.2, 0.25) is 0 Å². The van der Waals surface area contributed by atoms with Gasteiger partial charge in [0, 0.05) is 30.2 Å². The van der Waals surface area contributed by atoms with E-state index in [0.29, 0.717) is 12.8 Å². The normalized spacial score (nSPS) is 26.5. The number of benzene rings is 1. The summed E-state index contributed by atoms with van der Waals surface area (Å²) in [6.07, 6.45) is 3.44. The lowest BCUT2D eigenvalue weighted by atomic mass is 9.60. The summed E-state index contributed by atoms with van der Waals surface area (Å²) in [6.45, 7) is 5.65. The van der Waals surface area contributed by atoms with Crippen molar-refractivity contribution in [3.05, 3.63) is 34.4 Å². The van der Waals surface area contributed by atoms with Crippen LogP contribution in [0.5, 0.6) is 0 Å². The minimum atomic E-state index is -0.719.